The maximum atomic E-state index is 12.4. The zero-order chi connectivity index (χ0) is 13.9. The standard InChI is InChI=1S/C10H6ClF5O2/c11-4-8(17)5-1-6(9(12)13)3-7(2-5)18-10(14,15)16/h1-3,9H,4H2. The SMILES string of the molecule is O=C(CCl)c1cc(OC(F)(F)F)cc(C(F)F)c1. The molecule has 0 heterocycles. The summed E-state index contributed by atoms with van der Waals surface area (Å²) in [5, 5.41) is 0. The normalized spacial score (nSPS) is 11.7. The van der Waals surface area contributed by atoms with Gasteiger partial charge in [-0.1, -0.05) is 0 Å². The molecule has 2 nitrogen and oxygen atoms in total. The number of carbonyl (C=O) groups is 1. The van der Waals surface area contributed by atoms with E-state index >= 15 is 0 Å². The molecule has 100 valence electrons. The minimum absolute atomic E-state index is 0.359. The molecule has 0 saturated heterocycles. The van der Waals surface area contributed by atoms with E-state index in [9.17, 15) is 26.7 Å². The minimum atomic E-state index is -5.03. The molecule has 0 fully saturated rings. The number of rotatable bonds is 4. The van der Waals surface area contributed by atoms with Gasteiger partial charge in [0.2, 0.25) is 0 Å². The van der Waals surface area contributed by atoms with Gasteiger partial charge in [-0.3, -0.25) is 4.79 Å². The molecule has 0 aliphatic heterocycles. The maximum Gasteiger partial charge on any atom is 0.573 e. The van der Waals surface area contributed by atoms with Crippen LogP contribution >= 0.6 is 11.6 Å². The number of ether oxygens (including phenoxy) is 1. The molecule has 8 heteroatoms. The van der Waals surface area contributed by atoms with Gasteiger partial charge in [0.15, 0.2) is 5.78 Å². The summed E-state index contributed by atoms with van der Waals surface area (Å²) in [6, 6.07) is 2.01. The molecule has 1 rings (SSSR count). The smallest absolute Gasteiger partial charge is 0.406 e. The molecular formula is C10H6ClF5O2. The van der Waals surface area contributed by atoms with Gasteiger partial charge in [-0.25, -0.2) is 8.78 Å². The molecule has 0 bridgehead atoms. The average molecular weight is 289 g/mol. The first-order chi connectivity index (χ1) is 8.23. The zero-order valence-electron chi connectivity index (χ0n) is 8.60. The molecule has 0 radical (unpaired) electrons. The Labute approximate surface area is 103 Å². The molecular weight excluding hydrogens is 283 g/mol. The number of halogens is 6. The molecule has 0 spiro atoms. The monoisotopic (exact) mass is 288 g/mol. The van der Waals surface area contributed by atoms with Crippen molar-refractivity contribution in [2.45, 2.75) is 12.8 Å². The summed E-state index contributed by atoms with van der Waals surface area (Å²) in [5.41, 5.74) is -1.10. The van der Waals surface area contributed by atoms with Crippen molar-refractivity contribution < 1.29 is 31.5 Å². The van der Waals surface area contributed by atoms with Gasteiger partial charge in [-0.2, -0.15) is 0 Å². The van der Waals surface area contributed by atoms with Gasteiger partial charge in [0, 0.05) is 11.1 Å². The van der Waals surface area contributed by atoms with E-state index in [0.717, 1.165) is 6.07 Å². The number of benzene rings is 1. The van der Waals surface area contributed by atoms with Crippen molar-refractivity contribution in [3.8, 4) is 5.75 Å². The quantitative estimate of drug-likeness (QED) is 0.476. The summed E-state index contributed by atoms with van der Waals surface area (Å²) in [6.07, 6.45) is -8.05. The van der Waals surface area contributed by atoms with E-state index in [1.807, 2.05) is 0 Å². The highest BCUT2D eigenvalue weighted by atomic mass is 35.5. The van der Waals surface area contributed by atoms with E-state index in [1.165, 1.54) is 0 Å². The van der Waals surface area contributed by atoms with Crippen LogP contribution in [0.3, 0.4) is 0 Å². The first-order valence-corrected chi connectivity index (χ1v) is 5.04. The van der Waals surface area contributed by atoms with E-state index in [0.29, 0.717) is 12.1 Å². The van der Waals surface area contributed by atoms with Gasteiger partial charge in [-0.15, -0.1) is 24.8 Å². The third-order valence-electron chi connectivity index (χ3n) is 1.86. The van der Waals surface area contributed by atoms with Crippen LogP contribution in [0.4, 0.5) is 22.0 Å². The van der Waals surface area contributed by atoms with Crippen molar-refractivity contribution in [3.63, 3.8) is 0 Å². The highest BCUT2D eigenvalue weighted by Gasteiger charge is 2.31. The molecule has 0 N–H and O–H groups in total. The van der Waals surface area contributed by atoms with Crippen LogP contribution in [0.1, 0.15) is 22.3 Å². The Kier molecular flexibility index (Phi) is 4.50. The lowest BCUT2D eigenvalue weighted by Crippen LogP contribution is -2.17. The van der Waals surface area contributed by atoms with E-state index in [2.05, 4.69) is 4.74 Å². The van der Waals surface area contributed by atoms with Crippen LogP contribution in [0.5, 0.6) is 5.75 Å². The molecule has 0 amide bonds. The summed E-state index contributed by atoms with van der Waals surface area (Å²) >= 11 is 5.20. The third-order valence-corrected chi connectivity index (χ3v) is 2.10. The first-order valence-electron chi connectivity index (χ1n) is 4.51. The van der Waals surface area contributed by atoms with Crippen LogP contribution in [0.15, 0.2) is 18.2 Å². The highest BCUT2D eigenvalue weighted by Crippen LogP contribution is 2.29. The number of alkyl halides is 6. The molecule has 0 unspecified atom stereocenters. The Morgan fingerprint density at radius 3 is 2.33 bits per heavy atom. The van der Waals surface area contributed by atoms with Crippen molar-refractivity contribution in [2.75, 3.05) is 5.88 Å². The Morgan fingerprint density at radius 2 is 1.89 bits per heavy atom. The Hall–Kier alpha value is -1.37. The fraction of sp³-hybridized carbons (Fsp3) is 0.300. The van der Waals surface area contributed by atoms with Crippen LogP contribution in [0, 0.1) is 0 Å². The summed E-state index contributed by atoms with van der Waals surface area (Å²) < 4.78 is 64.3. The van der Waals surface area contributed by atoms with E-state index in [1.54, 1.807) is 0 Å². The van der Waals surface area contributed by atoms with E-state index in [4.69, 9.17) is 11.6 Å². The fourth-order valence-corrected chi connectivity index (χ4v) is 1.33. The third kappa shape index (κ3) is 4.14. The van der Waals surface area contributed by atoms with Crippen LogP contribution in [0.2, 0.25) is 0 Å². The molecule has 1 aromatic rings. The molecule has 0 aliphatic carbocycles. The van der Waals surface area contributed by atoms with Crippen LogP contribution in [0.25, 0.3) is 0 Å². The predicted molar refractivity (Wildman–Crippen MR) is 53.1 cm³/mol. The van der Waals surface area contributed by atoms with Gasteiger partial charge in [0.05, 0.1) is 5.88 Å². The number of hydrogen-bond donors (Lipinski definition) is 0. The predicted octanol–water partition coefficient (Wildman–Crippen LogP) is 3.94. The summed E-state index contributed by atoms with van der Waals surface area (Å²) in [5.74, 6) is -2.18. The number of ketones is 1. The van der Waals surface area contributed by atoms with Gasteiger partial charge >= 0.3 is 6.36 Å². The Bertz CT molecular complexity index is 444. The minimum Gasteiger partial charge on any atom is -0.406 e. The first kappa shape index (κ1) is 14.7. The van der Waals surface area contributed by atoms with Gasteiger partial charge < -0.3 is 4.74 Å². The van der Waals surface area contributed by atoms with Crippen molar-refractivity contribution in [2.24, 2.45) is 0 Å². The second-order valence-corrected chi connectivity index (χ2v) is 3.46. The van der Waals surface area contributed by atoms with Crippen LogP contribution in [-0.4, -0.2) is 18.0 Å². The molecule has 1 aromatic carbocycles. The van der Waals surface area contributed by atoms with E-state index in [-0.39, 0.29) is 5.56 Å². The summed E-state index contributed by atoms with van der Waals surface area (Å²) in [4.78, 5) is 11.2. The second-order valence-electron chi connectivity index (χ2n) is 3.20. The van der Waals surface area contributed by atoms with Gasteiger partial charge in [0.25, 0.3) is 6.43 Å². The Balaban J connectivity index is 3.18. The number of hydrogen-bond acceptors (Lipinski definition) is 2. The van der Waals surface area contributed by atoms with Gasteiger partial charge in [0.1, 0.15) is 5.75 Å². The second kappa shape index (κ2) is 5.51. The molecule has 0 saturated carbocycles. The summed E-state index contributed by atoms with van der Waals surface area (Å²) in [6.45, 7) is 0. The zero-order valence-corrected chi connectivity index (χ0v) is 9.36. The largest absolute Gasteiger partial charge is 0.573 e. The average Bonchev–Trinajstić information content (AvgIpc) is 2.25. The highest BCUT2D eigenvalue weighted by molar-refractivity contribution is 6.30. The molecule has 0 aliphatic rings. The maximum absolute atomic E-state index is 12.4. The number of Topliss-reactive ketones (excluding diaryl/α,β-unsaturated/α-hetero) is 1. The van der Waals surface area contributed by atoms with E-state index < -0.39 is 35.8 Å². The fourth-order valence-electron chi connectivity index (χ4n) is 1.18. The van der Waals surface area contributed by atoms with Crippen molar-refractivity contribution in [1.29, 1.82) is 0 Å². The topological polar surface area (TPSA) is 26.3 Å². The molecule has 0 atom stereocenters. The Morgan fingerprint density at radius 1 is 1.28 bits per heavy atom. The van der Waals surface area contributed by atoms with Crippen molar-refractivity contribution in [1.82, 2.24) is 0 Å². The van der Waals surface area contributed by atoms with Gasteiger partial charge in [-0.05, 0) is 18.2 Å². The van der Waals surface area contributed by atoms with Crippen molar-refractivity contribution >= 4 is 17.4 Å². The van der Waals surface area contributed by atoms with Crippen molar-refractivity contribution in [3.05, 3.63) is 29.3 Å². The summed E-state index contributed by atoms with van der Waals surface area (Å²) in [7, 11) is 0. The van der Waals surface area contributed by atoms with Crippen LogP contribution in [-0.2, 0) is 0 Å². The lowest BCUT2D eigenvalue weighted by Gasteiger charge is -2.11. The number of carbonyl (C=O) groups excluding carboxylic acids is 1. The lowest BCUT2D eigenvalue weighted by atomic mass is 10.1. The molecule has 0 aromatic heterocycles. The lowest BCUT2D eigenvalue weighted by molar-refractivity contribution is -0.274. The van der Waals surface area contributed by atoms with Crippen LogP contribution < -0.4 is 4.74 Å². The molecule has 18 heavy (non-hydrogen) atoms.